The molecule has 16 heavy (non-hydrogen) atoms. The predicted molar refractivity (Wildman–Crippen MR) is 65.2 cm³/mol. The number of nitrogens with one attached hydrogen (secondary N) is 1. The van der Waals surface area contributed by atoms with E-state index in [4.69, 9.17) is 5.73 Å². The number of anilines is 1. The average molecular weight is 221 g/mol. The number of hydrogen-bond acceptors (Lipinski definition) is 3. The van der Waals surface area contributed by atoms with E-state index in [1.807, 2.05) is 13.8 Å². The van der Waals surface area contributed by atoms with Crippen molar-refractivity contribution in [3.8, 4) is 0 Å². The number of aryl methyl sites for hydroxylation is 1. The van der Waals surface area contributed by atoms with Gasteiger partial charge in [0.15, 0.2) is 0 Å². The van der Waals surface area contributed by atoms with Gasteiger partial charge in [0, 0.05) is 17.3 Å². The number of carbonyl (C=O) groups excluding carboxylic acids is 1. The molecule has 0 aliphatic heterocycles. The van der Waals surface area contributed by atoms with Crippen molar-refractivity contribution in [3.63, 3.8) is 0 Å². The number of amides is 1. The van der Waals surface area contributed by atoms with Crippen LogP contribution in [0.1, 0.15) is 43.2 Å². The molecule has 0 aliphatic carbocycles. The summed E-state index contributed by atoms with van der Waals surface area (Å²) >= 11 is 0. The van der Waals surface area contributed by atoms with Gasteiger partial charge in [0.2, 0.25) is 0 Å². The third-order valence-electron chi connectivity index (χ3n) is 2.09. The molecule has 0 saturated carbocycles. The van der Waals surface area contributed by atoms with Crippen LogP contribution in [0.25, 0.3) is 0 Å². The second-order valence-electron chi connectivity index (χ2n) is 4.15. The maximum absolute atomic E-state index is 11.8. The molecule has 0 atom stereocenters. The van der Waals surface area contributed by atoms with Gasteiger partial charge in [-0.25, -0.2) is 4.98 Å². The van der Waals surface area contributed by atoms with E-state index >= 15 is 0 Å². The van der Waals surface area contributed by atoms with Crippen LogP contribution in [0, 0.1) is 0 Å². The molecule has 1 aromatic rings. The van der Waals surface area contributed by atoms with Gasteiger partial charge in [-0.05, 0) is 32.4 Å². The lowest BCUT2D eigenvalue weighted by Crippen LogP contribution is -2.30. The smallest absolute Gasteiger partial charge is 0.251 e. The highest BCUT2D eigenvalue weighted by Crippen LogP contribution is 2.09. The molecule has 0 spiro atoms. The van der Waals surface area contributed by atoms with Crippen molar-refractivity contribution in [2.75, 3.05) is 5.73 Å². The minimum absolute atomic E-state index is 0.0959. The van der Waals surface area contributed by atoms with Gasteiger partial charge in [0.1, 0.15) is 5.82 Å². The lowest BCUT2D eigenvalue weighted by molar-refractivity contribution is 0.0943. The van der Waals surface area contributed by atoms with Crippen LogP contribution in [-0.4, -0.2) is 16.9 Å². The molecule has 1 amide bonds. The highest BCUT2D eigenvalue weighted by molar-refractivity contribution is 5.95. The van der Waals surface area contributed by atoms with Crippen LogP contribution >= 0.6 is 0 Å². The van der Waals surface area contributed by atoms with E-state index in [1.165, 1.54) is 0 Å². The lowest BCUT2D eigenvalue weighted by Gasteiger charge is -2.09. The van der Waals surface area contributed by atoms with Gasteiger partial charge in [0.25, 0.3) is 5.91 Å². The third kappa shape index (κ3) is 3.53. The molecule has 88 valence electrons. The Morgan fingerprint density at radius 3 is 2.75 bits per heavy atom. The van der Waals surface area contributed by atoms with Crippen molar-refractivity contribution in [1.82, 2.24) is 10.3 Å². The lowest BCUT2D eigenvalue weighted by atomic mass is 10.1. The second-order valence-corrected chi connectivity index (χ2v) is 4.15. The van der Waals surface area contributed by atoms with Gasteiger partial charge in [-0.2, -0.15) is 0 Å². The molecular formula is C12H19N3O. The number of rotatable bonds is 4. The van der Waals surface area contributed by atoms with Crippen LogP contribution < -0.4 is 11.1 Å². The van der Waals surface area contributed by atoms with E-state index in [2.05, 4.69) is 17.2 Å². The monoisotopic (exact) mass is 221 g/mol. The third-order valence-corrected chi connectivity index (χ3v) is 2.09. The van der Waals surface area contributed by atoms with E-state index in [0.717, 1.165) is 18.5 Å². The van der Waals surface area contributed by atoms with E-state index in [1.54, 1.807) is 12.1 Å². The fourth-order valence-corrected chi connectivity index (χ4v) is 1.47. The van der Waals surface area contributed by atoms with Crippen molar-refractivity contribution in [3.05, 3.63) is 23.4 Å². The summed E-state index contributed by atoms with van der Waals surface area (Å²) in [4.78, 5) is 16.0. The number of carbonyl (C=O) groups is 1. The van der Waals surface area contributed by atoms with Gasteiger partial charge in [-0.1, -0.05) is 13.3 Å². The molecule has 4 heteroatoms. The van der Waals surface area contributed by atoms with Crippen molar-refractivity contribution >= 4 is 11.7 Å². The first kappa shape index (κ1) is 12.5. The predicted octanol–water partition coefficient (Wildman–Crippen LogP) is 1.75. The van der Waals surface area contributed by atoms with Gasteiger partial charge in [-0.15, -0.1) is 0 Å². The zero-order valence-electron chi connectivity index (χ0n) is 10.1. The number of hydrogen-bond donors (Lipinski definition) is 2. The summed E-state index contributed by atoms with van der Waals surface area (Å²) in [5, 5.41) is 2.83. The molecule has 0 radical (unpaired) electrons. The molecule has 0 saturated heterocycles. The molecule has 0 bridgehead atoms. The Kier molecular flexibility index (Phi) is 4.28. The summed E-state index contributed by atoms with van der Waals surface area (Å²) in [6.07, 6.45) is 1.83. The zero-order valence-corrected chi connectivity index (χ0v) is 10.1. The van der Waals surface area contributed by atoms with Crippen LogP contribution in [-0.2, 0) is 6.42 Å². The molecule has 0 unspecified atom stereocenters. The standard InChI is InChI=1S/C12H19N3O/c1-4-5-10-6-9(7-11(13)15-10)12(16)14-8(2)3/h6-8H,4-5H2,1-3H3,(H2,13,15)(H,14,16). The molecule has 0 aliphatic rings. The van der Waals surface area contributed by atoms with Crippen LogP contribution in [0.15, 0.2) is 12.1 Å². The number of nitrogen functional groups attached to an aromatic ring is 1. The van der Waals surface area contributed by atoms with Crippen LogP contribution in [0.3, 0.4) is 0 Å². The molecule has 1 heterocycles. The highest BCUT2D eigenvalue weighted by Gasteiger charge is 2.09. The van der Waals surface area contributed by atoms with Crippen LogP contribution in [0.4, 0.5) is 5.82 Å². The summed E-state index contributed by atoms with van der Waals surface area (Å²) in [5.41, 5.74) is 7.13. The van der Waals surface area contributed by atoms with E-state index in [0.29, 0.717) is 11.4 Å². The summed E-state index contributed by atoms with van der Waals surface area (Å²) in [5.74, 6) is 0.307. The summed E-state index contributed by atoms with van der Waals surface area (Å²) < 4.78 is 0. The molecule has 0 fully saturated rings. The van der Waals surface area contributed by atoms with Gasteiger partial charge in [0.05, 0.1) is 0 Å². The van der Waals surface area contributed by atoms with E-state index in [-0.39, 0.29) is 11.9 Å². The Hall–Kier alpha value is -1.58. The highest BCUT2D eigenvalue weighted by atomic mass is 16.1. The van der Waals surface area contributed by atoms with E-state index < -0.39 is 0 Å². The Morgan fingerprint density at radius 1 is 1.50 bits per heavy atom. The number of nitrogens with two attached hydrogens (primary N) is 1. The minimum atomic E-state index is -0.0959. The fraction of sp³-hybridized carbons (Fsp3) is 0.500. The maximum atomic E-state index is 11.8. The zero-order chi connectivity index (χ0) is 12.1. The van der Waals surface area contributed by atoms with Crippen LogP contribution in [0.5, 0.6) is 0 Å². The molecule has 1 aromatic heterocycles. The van der Waals surface area contributed by atoms with Crippen molar-refractivity contribution in [2.24, 2.45) is 0 Å². The first-order chi connectivity index (χ1) is 7.52. The summed E-state index contributed by atoms with van der Waals surface area (Å²) in [6, 6.07) is 3.53. The Balaban J connectivity index is 2.91. The molecule has 1 rings (SSSR count). The first-order valence-electron chi connectivity index (χ1n) is 5.60. The first-order valence-corrected chi connectivity index (χ1v) is 5.60. The van der Waals surface area contributed by atoms with Gasteiger partial charge in [-0.3, -0.25) is 4.79 Å². The summed E-state index contributed by atoms with van der Waals surface area (Å²) in [7, 11) is 0. The van der Waals surface area contributed by atoms with Crippen molar-refractivity contribution in [1.29, 1.82) is 0 Å². The Bertz CT molecular complexity index is 375. The molecule has 4 nitrogen and oxygen atoms in total. The molecule has 0 aromatic carbocycles. The quantitative estimate of drug-likeness (QED) is 0.814. The molecular weight excluding hydrogens is 202 g/mol. The van der Waals surface area contributed by atoms with Gasteiger partial charge >= 0.3 is 0 Å². The van der Waals surface area contributed by atoms with Crippen LogP contribution in [0.2, 0.25) is 0 Å². The van der Waals surface area contributed by atoms with Crippen molar-refractivity contribution in [2.45, 2.75) is 39.7 Å². The Morgan fingerprint density at radius 2 is 2.19 bits per heavy atom. The minimum Gasteiger partial charge on any atom is -0.384 e. The second kappa shape index (κ2) is 5.49. The van der Waals surface area contributed by atoms with Crippen molar-refractivity contribution < 1.29 is 4.79 Å². The Labute approximate surface area is 96.3 Å². The average Bonchev–Trinajstić information content (AvgIpc) is 2.16. The molecule has 3 N–H and O–H groups in total. The SMILES string of the molecule is CCCc1cc(C(=O)NC(C)C)cc(N)n1. The maximum Gasteiger partial charge on any atom is 0.251 e. The fourth-order valence-electron chi connectivity index (χ4n) is 1.47. The summed E-state index contributed by atoms with van der Waals surface area (Å²) in [6.45, 7) is 5.92. The van der Waals surface area contributed by atoms with E-state index in [9.17, 15) is 4.79 Å². The largest absolute Gasteiger partial charge is 0.384 e. The normalized spacial score (nSPS) is 10.5. The number of nitrogens with zero attached hydrogens (tertiary/aromatic N) is 1. The number of aromatic nitrogens is 1. The number of pyridine rings is 1. The van der Waals surface area contributed by atoms with Gasteiger partial charge < -0.3 is 11.1 Å². The topological polar surface area (TPSA) is 68.0 Å².